The lowest BCUT2D eigenvalue weighted by atomic mass is 10.2. The lowest BCUT2D eigenvalue weighted by Gasteiger charge is -2.06. The smallest absolute Gasteiger partial charge is 0.435 e. The third kappa shape index (κ3) is 3.32. The molecule has 0 fully saturated rings. The highest BCUT2D eigenvalue weighted by atomic mass is 16.6. The van der Waals surface area contributed by atoms with Gasteiger partial charge in [0.1, 0.15) is 6.61 Å². The average molecular weight is 296 g/mol. The fourth-order valence-corrected chi connectivity index (χ4v) is 2.13. The molecule has 0 aliphatic carbocycles. The quantitative estimate of drug-likeness (QED) is 0.678. The highest BCUT2D eigenvalue weighted by molar-refractivity contribution is 5.87. The van der Waals surface area contributed by atoms with Crippen molar-refractivity contribution in [1.29, 1.82) is 0 Å². The molecule has 0 aliphatic heterocycles. The predicted octanol–water partition coefficient (Wildman–Crippen LogP) is 3.24. The molecule has 0 saturated heterocycles. The van der Waals surface area contributed by atoms with Gasteiger partial charge >= 0.3 is 6.09 Å². The van der Waals surface area contributed by atoms with Crippen LogP contribution < -0.4 is 0 Å². The van der Waals surface area contributed by atoms with E-state index in [0.717, 1.165) is 16.5 Å². The molecule has 0 unspecified atom stereocenters. The highest BCUT2D eigenvalue weighted by Gasteiger charge is 2.10. The minimum atomic E-state index is -0.496. The van der Waals surface area contributed by atoms with Crippen molar-refractivity contribution in [3.8, 4) is 0 Å². The zero-order chi connectivity index (χ0) is 15.2. The van der Waals surface area contributed by atoms with E-state index < -0.39 is 6.09 Å². The Balaban J connectivity index is 1.47. The van der Waals surface area contributed by atoms with Gasteiger partial charge in [0.15, 0.2) is 0 Å². The first-order valence-electron chi connectivity index (χ1n) is 7.06. The number of benzene rings is 2. The zero-order valence-corrected chi connectivity index (χ0v) is 12.0. The van der Waals surface area contributed by atoms with E-state index in [2.05, 4.69) is 5.10 Å². The van der Waals surface area contributed by atoms with Crippen LogP contribution in [-0.2, 0) is 16.1 Å². The molecule has 2 aromatic carbocycles. The lowest BCUT2D eigenvalue weighted by molar-refractivity contribution is 0.0646. The number of fused-ring (bicyclic) bond motifs is 1. The van der Waals surface area contributed by atoms with Crippen molar-refractivity contribution < 1.29 is 14.3 Å². The molecule has 3 aromatic rings. The maximum Gasteiger partial charge on any atom is 0.435 e. The maximum absolute atomic E-state index is 12.0. The third-order valence-electron chi connectivity index (χ3n) is 3.21. The molecular formula is C17H16N2O3. The number of rotatable bonds is 5. The van der Waals surface area contributed by atoms with Crippen molar-refractivity contribution in [3.05, 3.63) is 66.4 Å². The number of carbonyl (C=O) groups is 1. The van der Waals surface area contributed by atoms with Gasteiger partial charge < -0.3 is 9.47 Å². The Morgan fingerprint density at radius 2 is 1.77 bits per heavy atom. The molecule has 0 amide bonds. The van der Waals surface area contributed by atoms with E-state index in [1.54, 1.807) is 6.20 Å². The fraction of sp³-hybridized carbons (Fsp3) is 0.176. The minimum absolute atomic E-state index is 0.194. The van der Waals surface area contributed by atoms with E-state index in [1.165, 1.54) is 4.68 Å². The van der Waals surface area contributed by atoms with E-state index in [1.807, 2.05) is 54.6 Å². The Bertz CT molecular complexity index is 753. The molecule has 3 rings (SSSR count). The van der Waals surface area contributed by atoms with Gasteiger partial charge in [-0.05, 0) is 11.6 Å². The summed E-state index contributed by atoms with van der Waals surface area (Å²) in [5, 5.41) is 4.95. The predicted molar refractivity (Wildman–Crippen MR) is 82.6 cm³/mol. The van der Waals surface area contributed by atoms with Gasteiger partial charge in [-0.15, -0.1) is 0 Å². The van der Waals surface area contributed by atoms with Gasteiger partial charge in [-0.25, -0.2) is 4.79 Å². The number of hydrogen-bond donors (Lipinski definition) is 0. The van der Waals surface area contributed by atoms with Crippen molar-refractivity contribution in [3.63, 3.8) is 0 Å². The minimum Gasteiger partial charge on any atom is -0.445 e. The van der Waals surface area contributed by atoms with Gasteiger partial charge in [-0.3, -0.25) is 0 Å². The first kappa shape index (κ1) is 14.3. The van der Waals surface area contributed by atoms with E-state index in [9.17, 15) is 4.79 Å². The fourth-order valence-electron chi connectivity index (χ4n) is 2.13. The van der Waals surface area contributed by atoms with Crippen LogP contribution in [0.5, 0.6) is 0 Å². The first-order valence-corrected chi connectivity index (χ1v) is 7.06. The van der Waals surface area contributed by atoms with Crippen molar-refractivity contribution in [2.75, 3.05) is 13.2 Å². The molecule has 1 aromatic heterocycles. The second kappa shape index (κ2) is 6.87. The molecule has 22 heavy (non-hydrogen) atoms. The molecule has 5 nitrogen and oxygen atoms in total. The molecule has 5 heteroatoms. The Labute approximate surface area is 128 Å². The third-order valence-corrected chi connectivity index (χ3v) is 3.21. The second-order valence-corrected chi connectivity index (χ2v) is 4.77. The van der Waals surface area contributed by atoms with Crippen molar-refractivity contribution in [1.82, 2.24) is 9.78 Å². The number of para-hydroxylation sites is 1. The van der Waals surface area contributed by atoms with Gasteiger partial charge in [-0.1, -0.05) is 48.5 Å². The summed E-state index contributed by atoms with van der Waals surface area (Å²) in [6.45, 7) is 1.04. The SMILES string of the molecule is O=C(OCCOCc1ccccc1)n1ncc2ccccc21. The number of ether oxygens (including phenoxy) is 2. The molecular weight excluding hydrogens is 280 g/mol. The summed E-state index contributed by atoms with van der Waals surface area (Å²) in [6, 6.07) is 17.3. The molecule has 112 valence electrons. The van der Waals surface area contributed by atoms with Gasteiger partial charge in [0.2, 0.25) is 0 Å². The van der Waals surface area contributed by atoms with Crippen LogP contribution in [0.15, 0.2) is 60.8 Å². The van der Waals surface area contributed by atoms with Gasteiger partial charge in [-0.2, -0.15) is 9.78 Å². The molecule has 0 aliphatic rings. The first-order chi connectivity index (χ1) is 10.8. The highest BCUT2D eigenvalue weighted by Crippen LogP contribution is 2.12. The summed E-state index contributed by atoms with van der Waals surface area (Å²) in [7, 11) is 0. The Hall–Kier alpha value is -2.66. The molecule has 0 N–H and O–H groups in total. The van der Waals surface area contributed by atoms with Gasteiger partial charge in [0.05, 0.1) is 24.9 Å². The standard InChI is InChI=1S/C17H16N2O3/c20-17(19-16-9-5-4-8-15(16)12-18-19)22-11-10-21-13-14-6-2-1-3-7-14/h1-9,12H,10-11,13H2. The molecule has 0 saturated carbocycles. The normalized spacial score (nSPS) is 10.7. The summed E-state index contributed by atoms with van der Waals surface area (Å²) >= 11 is 0. The monoisotopic (exact) mass is 296 g/mol. The molecule has 0 atom stereocenters. The number of carbonyl (C=O) groups excluding carboxylic acids is 1. The summed E-state index contributed by atoms with van der Waals surface area (Å²) in [6.07, 6.45) is 1.15. The maximum atomic E-state index is 12.0. The average Bonchev–Trinajstić information content (AvgIpc) is 2.99. The van der Waals surface area contributed by atoms with Crippen LogP contribution in [0.1, 0.15) is 5.56 Å². The Morgan fingerprint density at radius 3 is 2.64 bits per heavy atom. The summed E-state index contributed by atoms with van der Waals surface area (Å²) in [5.74, 6) is 0. The number of hydrogen-bond acceptors (Lipinski definition) is 4. The molecule has 1 heterocycles. The molecule has 0 spiro atoms. The Morgan fingerprint density at radius 1 is 1.00 bits per heavy atom. The van der Waals surface area contributed by atoms with Crippen LogP contribution in [0.4, 0.5) is 4.79 Å². The summed E-state index contributed by atoms with van der Waals surface area (Å²) < 4.78 is 11.9. The van der Waals surface area contributed by atoms with Crippen molar-refractivity contribution in [2.24, 2.45) is 0 Å². The zero-order valence-electron chi connectivity index (χ0n) is 12.0. The van der Waals surface area contributed by atoms with E-state index in [-0.39, 0.29) is 6.61 Å². The van der Waals surface area contributed by atoms with Crippen molar-refractivity contribution >= 4 is 17.0 Å². The van der Waals surface area contributed by atoms with Gasteiger partial charge in [0, 0.05) is 5.39 Å². The van der Waals surface area contributed by atoms with Crippen LogP contribution in [-0.4, -0.2) is 29.1 Å². The largest absolute Gasteiger partial charge is 0.445 e. The van der Waals surface area contributed by atoms with Gasteiger partial charge in [0.25, 0.3) is 0 Å². The molecule has 0 bridgehead atoms. The number of aromatic nitrogens is 2. The van der Waals surface area contributed by atoms with Crippen LogP contribution in [0.2, 0.25) is 0 Å². The molecule has 0 radical (unpaired) electrons. The van der Waals surface area contributed by atoms with E-state index in [4.69, 9.17) is 9.47 Å². The van der Waals surface area contributed by atoms with Crippen LogP contribution in [0, 0.1) is 0 Å². The van der Waals surface area contributed by atoms with E-state index >= 15 is 0 Å². The van der Waals surface area contributed by atoms with Crippen molar-refractivity contribution in [2.45, 2.75) is 6.61 Å². The van der Waals surface area contributed by atoms with E-state index in [0.29, 0.717) is 13.2 Å². The lowest BCUT2D eigenvalue weighted by Crippen LogP contribution is -2.17. The topological polar surface area (TPSA) is 53.4 Å². The van der Waals surface area contributed by atoms with Crippen LogP contribution >= 0.6 is 0 Å². The second-order valence-electron chi connectivity index (χ2n) is 4.77. The Kier molecular flexibility index (Phi) is 4.46. The summed E-state index contributed by atoms with van der Waals surface area (Å²) in [4.78, 5) is 12.0. The summed E-state index contributed by atoms with van der Waals surface area (Å²) in [5.41, 5.74) is 1.82. The van der Waals surface area contributed by atoms with Crippen LogP contribution in [0.3, 0.4) is 0 Å². The number of nitrogens with zero attached hydrogens (tertiary/aromatic N) is 2. The van der Waals surface area contributed by atoms with Crippen LogP contribution in [0.25, 0.3) is 10.9 Å².